The number of amides is 2. The summed E-state index contributed by atoms with van der Waals surface area (Å²) >= 11 is 0. The first-order valence-corrected chi connectivity index (χ1v) is 10.9. The molecule has 2 atom stereocenters. The number of hydrogen-bond donors (Lipinski definition) is 2. The number of carbonyl (C=O) groups is 1. The highest BCUT2D eigenvalue weighted by Crippen LogP contribution is 2.23. The molecule has 146 valence electrons. The van der Waals surface area contributed by atoms with Gasteiger partial charge in [0.1, 0.15) is 6.17 Å². The smallest absolute Gasteiger partial charge is 0.318 e. The van der Waals surface area contributed by atoms with Crippen LogP contribution >= 0.6 is 0 Å². The Bertz CT molecular complexity index is 720. The first-order chi connectivity index (χ1) is 11.3. The first-order valence-electron chi connectivity index (χ1n) is 7.22. The van der Waals surface area contributed by atoms with Crippen LogP contribution in [0, 0.1) is 10.1 Å². The third-order valence-corrected chi connectivity index (χ3v) is 6.00. The molecule has 1 heterocycles. The molecule has 0 saturated carbocycles. The van der Waals surface area contributed by atoms with Gasteiger partial charge in [-0.15, -0.1) is 5.43 Å². The second-order valence-corrected chi connectivity index (χ2v) is 9.21. The third kappa shape index (κ3) is 5.13. The number of urea groups is 1. The van der Waals surface area contributed by atoms with Gasteiger partial charge in [0.25, 0.3) is 0 Å². The fraction of sp³-hybridized carbons (Fsp3) is 0.900. The van der Waals surface area contributed by atoms with Crippen molar-refractivity contribution >= 4 is 26.1 Å². The maximum absolute atomic E-state index is 12.2. The van der Waals surface area contributed by atoms with E-state index in [0.29, 0.717) is 21.7 Å². The van der Waals surface area contributed by atoms with Crippen LogP contribution in [0.5, 0.6) is 0 Å². The summed E-state index contributed by atoms with van der Waals surface area (Å²) in [6.45, 7) is 3.36. The van der Waals surface area contributed by atoms with Gasteiger partial charge in [0, 0.05) is 13.1 Å². The van der Waals surface area contributed by atoms with E-state index in [-0.39, 0.29) is 0 Å². The maximum Gasteiger partial charge on any atom is 0.318 e. The Morgan fingerprint density at radius 3 is 1.92 bits per heavy atom. The van der Waals surface area contributed by atoms with E-state index < -0.39 is 50.1 Å². The summed E-state index contributed by atoms with van der Waals surface area (Å²) in [5, 5.41) is 12.2. The van der Waals surface area contributed by atoms with Crippen LogP contribution in [-0.2, 0) is 20.0 Å². The van der Waals surface area contributed by atoms with E-state index in [1.807, 2.05) is 0 Å². The van der Waals surface area contributed by atoms with Gasteiger partial charge in [-0.25, -0.2) is 31.7 Å². The van der Waals surface area contributed by atoms with Gasteiger partial charge in [-0.05, 0) is 13.8 Å². The summed E-state index contributed by atoms with van der Waals surface area (Å²) in [6.07, 6.45) is -1.47. The molecule has 0 spiro atoms. The van der Waals surface area contributed by atoms with Crippen molar-refractivity contribution in [2.75, 3.05) is 32.3 Å². The lowest BCUT2D eigenvalue weighted by atomic mass is 10.4. The van der Waals surface area contributed by atoms with Crippen molar-refractivity contribution in [3.8, 4) is 0 Å². The number of nitrogens with zero attached hydrogens (tertiary/aromatic N) is 4. The summed E-state index contributed by atoms with van der Waals surface area (Å²) in [5.41, 5.74) is 1.76. The van der Waals surface area contributed by atoms with Crippen LogP contribution in [0.15, 0.2) is 0 Å². The van der Waals surface area contributed by atoms with Gasteiger partial charge in [-0.2, -0.15) is 8.61 Å². The number of nitrogens with one attached hydrogen (secondary N) is 2. The quantitative estimate of drug-likeness (QED) is 0.364. The molecule has 2 unspecified atom stereocenters. The zero-order valence-electron chi connectivity index (χ0n) is 14.2. The van der Waals surface area contributed by atoms with Crippen molar-refractivity contribution in [2.45, 2.75) is 26.2 Å². The molecule has 1 rings (SSSR count). The second kappa shape index (κ2) is 7.67. The molecule has 1 aliphatic rings. The number of hydrazine groups is 1. The van der Waals surface area contributed by atoms with Crippen LogP contribution in [0.2, 0.25) is 0 Å². The van der Waals surface area contributed by atoms with Crippen molar-refractivity contribution in [1.29, 1.82) is 0 Å². The number of nitro groups is 1. The van der Waals surface area contributed by atoms with Gasteiger partial charge < -0.3 is 10.2 Å². The van der Waals surface area contributed by atoms with E-state index in [9.17, 15) is 31.7 Å². The SMILES string of the molecule is CCN(CC)C(=O)NC1C(N[N+](=O)[O-])N(S(C)(=O)=O)CN1S(C)(=O)=O. The molecular weight excluding hydrogens is 380 g/mol. The standard InChI is InChI=1S/C10H22N6O7S2/c1-5-13(6-2)10(17)11-8-9(12-16(18)19)15(25(4,22)23)7-14(8)24(3,20)21/h8-9,12H,5-7H2,1-4H3,(H,11,17). The summed E-state index contributed by atoms with van der Waals surface area (Å²) in [4.78, 5) is 24.4. The largest absolute Gasteiger partial charge is 0.325 e. The fourth-order valence-corrected chi connectivity index (χ4v) is 4.27. The average Bonchev–Trinajstić information content (AvgIpc) is 2.78. The molecule has 0 aromatic heterocycles. The molecule has 1 fully saturated rings. The predicted molar refractivity (Wildman–Crippen MR) is 87.4 cm³/mol. The minimum atomic E-state index is -4.00. The van der Waals surface area contributed by atoms with E-state index in [1.165, 1.54) is 4.90 Å². The molecule has 15 heteroatoms. The Morgan fingerprint density at radius 2 is 1.56 bits per heavy atom. The van der Waals surface area contributed by atoms with Gasteiger partial charge in [-0.1, -0.05) is 0 Å². The van der Waals surface area contributed by atoms with Gasteiger partial charge in [0.2, 0.25) is 20.0 Å². The van der Waals surface area contributed by atoms with Gasteiger partial charge in [-0.3, -0.25) is 0 Å². The fourth-order valence-electron chi connectivity index (χ4n) is 2.37. The molecule has 13 nitrogen and oxygen atoms in total. The number of carbonyl (C=O) groups excluding carboxylic acids is 1. The lowest BCUT2D eigenvalue weighted by molar-refractivity contribution is -0.554. The Morgan fingerprint density at radius 1 is 1.12 bits per heavy atom. The zero-order valence-corrected chi connectivity index (χ0v) is 15.9. The number of hydrogen-bond acceptors (Lipinski definition) is 7. The minimum absolute atomic E-state index is 0.317. The summed E-state index contributed by atoms with van der Waals surface area (Å²) < 4.78 is 49.0. The Kier molecular flexibility index (Phi) is 6.55. The van der Waals surface area contributed by atoms with E-state index in [0.717, 1.165) is 12.5 Å². The van der Waals surface area contributed by atoms with Gasteiger partial charge in [0.15, 0.2) is 11.2 Å². The zero-order chi connectivity index (χ0) is 19.6. The van der Waals surface area contributed by atoms with Crippen molar-refractivity contribution in [3.05, 3.63) is 10.1 Å². The molecule has 2 N–H and O–H groups in total. The maximum atomic E-state index is 12.2. The lowest BCUT2D eigenvalue weighted by Gasteiger charge is -2.28. The molecule has 0 bridgehead atoms. The second-order valence-electron chi connectivity index (χ2n) is 5.34. The van der Waals surface area contributed by atoms with Crippen LogP contribution in [0.4, 0.5) is 4.79 Å². The van der Waals surface area contributed by atoms with Crippen LogP contribution in [-0.4, -0.2) is 86.0 Å². The topological polar surface area (TPSA) is 162 Å². The monoisotopic (exact) mass is 402 g/mol. The molecule has 0 aromatic carbocycles. The molecular formula is C10H22N6O7S2. The van der Waals surface area contributed by atoms with E-state index in [2.05, 4.69) is 5.32 Å². The Labute approximate surface area is 146 Å². The van der Waals surface area contributed by atoms with Crippen molar-refractivity contribution in [1.82, 2.24) is 24.3 Å². The van der Waals surface area contributed by atoms with Crippen molar-refractivity contribution in [3.63, 3.8) is 0 Å². The van der Waals surface area contributed by atoms with Crippen molar-refractivity contribution < 1.29 is 26.7 Å². The van der Waals surface area contributed by atoms with Crippen LogP contribution in [0.3, 0.4) is 0 Å². The van der Waals surface area contributed by atoms with E-state index >= 15 is 0 Å². The van der Waals surface area contributed by atoms with E-state index in [4.69, 9.17) is 0 Å². The van der Waals surface area contributed by atoms with Crippen LogP contribution < -0.4 is 10.7 Å². The summed E-state index contributed by atoms with van der Waals surface area (Å²) in [5.74, 6) is 0. The first kappa shape index (κ1) is 21.3. The van der Waals surface area contributed by atoms with Crippen LogP contribution in [0.1, 0.15) is 13.8 Å². The normalized spacial score (nSPS) is 22.6. The van der Waals surface area contributed by atoms with E-state index in [1.54, 1.807) is 19.3 Å². The molecule has 1 aliphatic heterocycles. The Hall–Kier alpha value is -1.71. The summed E-state index contributed by atoms with van der Waals surface area (Å²) in [7, 11) is -7.96. The molecule has 0 radical (unpaired) electrons. The average molecular weight is 402 g/mol. The highest BCUT2D eigenvalue weighted by molar-refractivity contribution is 7.89. The molecule has 2 amide bonds. The van der Waals surface area contributed by atoms with Crippen LogP contribution in [0.25, 0.3) is 0 Å². The number of sulfonamides is 2. The van der Waals surface area contributed by atoms with Gasteiger partial charge in [0.05, 0.1) is 19.2 Å². The predicted octanol–water partition coefficient (Wildman–Crippen LogP) is -2.03. The van der Waals surface area contributed by atoms with Gasteiger partial charge >= 0.3 is 6.03 Å². The van der Waals surface area contributed by atoms with Crippen molar-refractivity contribution in [2.24, 2.45) is 0 Å². The molecule has 1 saturated heterocycles. The minimum Gasteiger partial charge on any atom is -0.325 e. The molecule has 25 heavy (non-hydrogen) atoms. The molecule has 0 aliphatic carbocycles. The highest BCUT2D eigenvalue weighted by atomic mass is 32.2. The molecule has 0 aromatic rings. The summed E-state index contributed by atoms with van der Waals surface area (Å²) in [6, 6.07) is -0.672. The highest BCUT2D eigenvalue weighted by Gasteiger charge is 2.51. The lowest BCUT2D eigenvalue weighted by Crippen LogP contribution is -2.60. The Balaban J connectivity index is 3.31. The third-order valence-electron chi connectivity index (χ3n) is 3.61. The number of rotatable bonds is 7.